The number of hydrogen-bond donors (Lipinski definition) is 0. The third-order valence-corrected chi connectivity index (χ3v) is 11.9. The summed E-state index contributed by atoms with van der Waals surface area (Å²) in [5, 5.41) is 7.29. The van der Waals surface area contributed by atoms with Gasteiger partial charge in [0, 0.05) is 43.9 Å². The summed E-state index contributed by atoms with van der Waals surface area (Å²) in [5.41, 5.74) is 13.8. The molecule has 3 aromatic heterocycles. The molecule has 0 aliphatic rings. The summed E-state index contributed by atoms with van der Waals surface area (Å²) in [6.07, 6.45) is 0. The van der Waals surface area contributed by atoms with E-state index in [9.17, 15) is 0 Å². The van der Waals surface area contributed by atoms with Gasteiger partial charge < -0.3 is 9.13 Å². The molecule has 0 spiro atoms. The molecule has 9 aromatic carbocycles. The molecule has 60 heavy (non-hydrogen) atoms. The molecule has 0 aliphatic carbocycles. The minimum absolute atomic E-state index is 0.692. The van der Waals surface area contributed by atoms with Crippen molar-refractivity contribution in [1.82, 2.24) is 19.1 Å². The third kappa shape index (κ3) is 5.46. The number of benzene rings is 9. The Morgan fingerprint density at radius 3 is 1.32 bits per heavy atom. The van der Waals surface area contributed by atoms with Gasteiger partial charge in [0.2, 0.25) is 0 Å². The predicted molar refractivity (Wildman–Crippen MR) is 250 cm³/mol. The first kappa shape index (κ1) is 34.0. The zero-order chi connectivity index (χ0) is 39.6. The zero-order valence-electron chi connectivity index (χ0n) is 32.6. The van der Waals surface area contributed by atoms with Gasteiger partial charge in [-0.05, 0) is 70.4 Å². The minimum Gasteiger partial charge on any atom is -0.309 e. The van der Waals surface area contributed by atoms with E-state index in [1.165, 1.54) is 48.9 Å². The second kappa shape index (κ2) is 13.8. The van der Waals surface area contributed by atoms with E-state index in [-0.39, 0.29) is 0 Å². The summed E-state index contributed by atoms with van der Waals surface area (Å²) in [7, 11) is 0. The van der Waals surface area contributed by atoms with Gasteiger partial charge in [0.15, 0.2) is 5.82 Å². The normalized spacial score (nSPS) is 11.7. The van der Waals surface area contributed by atoms with E-state index in [1.54, 1.807) is 0 Å². The van der Waals surface area contributed by atoms with E-state index >= 15 is 0 Å². The van der Waals surface area contributed by atoms with Gasteiger partial charge in [-0.15, -0.1) is 0 Å². The number of aromatic nitrogens is 4. The Kier molecular flexibility index (Phi) is 7.82. The predicted octanol–water partition coefficient (Wildman–Crippen LogP) is 14.5. The highest BCUT2D eigenvalue weighted by atomic mass is 15.1. The third-order valence-electron chi connectivity index (χ3n) is 11.9. The van der Waals surface area contributed by atoms with Crippen molar-refractivity contribution in [2.75, 3.05) is 0 Å². The lowest BCUT2D eigenvalue weighted by Gasteiger charge is -2.19. The summed E-state index contributed by atoms with van der Waals surface area (Å²) in [4.78, 5) is 10.8. The fourth-order valence-electron chi connectivity index (χ4n) is 9.12. The highest BCUT2D eigenvalue weighted by molar-refractivity contribution is 6.13. The molecule has 12 rings (SSSR count). The van der Waals surface area contributed by atoms with Crippen molar-refractivity contribution in [2.45, 2.75) is 0 Å². The van der Waals surface area contributed by atoms with E-state index in [1.807, 2.05) is 18.2 Å². The summed E-state index contributed by atoms with van der Waals surface area (Å²) >= 11 is 0. The molecule has 0 saturated carbocycles. The Morgan fingerprint density at radius 2 is 0.733 bits per heavy atom. The fraction of sp³-hybridized carbons (Fsp3) is 0. The molecule has 280 valence electrons. The zero-order valence-corrected chi connectivity index (χ0v) is 32.6. The Hall–Kier alpha value is -8.08. The maximum absolute atomic E-state index is 5.39. The monoisotopic (exact) mass is 764 g/mol. The van der Waals surface area contributed by atoms with Crippen LogP contribution in [0.25, 0.3) is 111 Å². The average molecular weight is 765 g/mol. The smallest absolute Gasteiger partial charge is 0.160 e. The number of hydrogen-bond acceptors (Lipinski definition) is 2. The number of nitrogens with zero attached hydrogens (tertiary/aromatic N) is 4. The van der Waals surface area contributed by atoms with Crippen LogP contribution in [0, 0.1) is 0 Å². The topological polar surface area (TPSA) is 35.6 Å². The molecule has 0 unspecified atom stereocenters. The van der Waals surface area contributed by atoms with Crippen LogP contribution < -0.4 is 0 Å². The first-order chi connectivity index (χ1) is 29.8. The number of rotatable bonds is 6. The van der Waals surface area contributed by atoms with Crippen molar-refractivity contribution in [2.24, 2.45) is 0 Å². The molecule has 0 atom stereocenters. The number of fused-ring (bicyclic) bond motifs is 7. The Morgan fingerprint density at radius 1 is 0.283 bits per heavy atom. The molecular weight excluding hydrogens is 729 g/mol. The lowest BCUT2D eigenvalue weighted by molar-refractivity contribution is 1.09. The largest absolute Gasteiger partial charge is 0.309 e. The highest BCUT2D eigenvalue weighted by Gasteiger charge is 2.24. The SMILES string of the molecule is c1ccc(-c2nc(-c3ccccc3)c(-n3c4ccccc4c4cc(-c5ccc6c(c5)c5ccccc5n6-c5ccc6ccccc6c5)ccc43)c(-c3ccccc3)n2)cc1. The van der Waals surface area contributed by atoms with Crippen LogP contribution >= 0.6 is 0 Å². The lowest BCUT2D eigenvalue weighted by atomic mass is 10.0. The molecule has 0 fully saturated rings. The van der Waals surface area contributed by atoms with Crippen LogP contribution in [0.4, 0.5) is 0 Å². The van der Waals surface area contributed by atoms with Crippen LogP contribution in [-0.4, -0.2) is 19.1 Å². The Bertz CT molecular complexity index is 3520. The van der Waals surface area contributed by atoms with Crippen molar-refractivity contribution < 1.29 is 0 Å². The molecule has 4 heteroatoms. The average Bonchev–Trinajstić information content (AvgIpc) is 3.84. The quantitative estimate of drug-likeness (QED) is 0.169. The summed E-state index contributed by atoms with van der Waals surface area (Å²) in [6, 6.07) is 78.0. The van der Waals surface area contributed by atoms with Crippen molar-refractivity contribution in [3.63, 3.8) is 0 Å². The van der Waals surface area contributed by atoms with Gasteiger partial charge in [-0.2, -0.15) is 0 Å². The van der Waals surface area contributed by atoms with Gasteiger partial charge in [-0.3, -0.25) is 0 Å². The van der Waals surface area contributed by atoms with E-state index in [4.69, 9.17) is 9.97 Å². The second-order valence-corrected chi connectivity index (χ2v) is 15.4. The molecule has 12 aromatic rings. The van der Waals surface area contributed by atoms with Crippen molar-refractivity contribution in [3.05, 3.63) is 218 Å². The molecule has 0 N–H and O–H groups in total. The van der Waals surface area contributed by atoms with Crippen molar-refractivity contribution in [3.8, 4) is 56.4 Å². The molecule has 0 amide bonds. The van der Waals surface area contributed by atoms with Gasteiger partial charge in [0.1, 0.15) is 0 Å². The van der Waals surface area contributed by atoms with Crippen LogP contribution in [-0.2, 0) is 0 Å². The van der Waals surface area contributed by atoms with Crippen molar-refractivity contribution >= 4 is 54.4 Å². The Balaban J connectivity index is 1.08. The van der Waals surface area contributed by atoms with Crippen LogP contribution in [0.2, 0.25) is 0 Å². The summed E-state index contributed by atoms with van der Waals surface area (Å²) in [5.74, 6) is 0.692. The first-order valence-corrected chi connectivity index (χ1v) is 20.4. The van der Waals surface area contributed by atoms with Crippen LogP contribution in [0.15, 0.2) is 218 Å². The molecule has 0 radical (unpaired) electrons. The van der Waals surface area contributed by atoms with Gasteiger partial charge in [0.05, 0.1) is 39.1 Å². The van der Waals surface area contributed by atoms with Gasteiger partial charge in [-0.1, -0.05) is 170 Å². The van der Waals surface area contributed by atoms with E-state index in [2.05, 4.69) is 209 Å². The van der Waals surface area contributed by atoms with Gasteiger partial charge in [0.25, 0.3) is 0 Å². The van der Waals surface area contributed by atoms with Crippen LogP contribution in [0.1, 0.15) is 0 Å². The summed E-state index contributed by atoms with van der Waals surface area (Å²) < 4.78 is 4.78. The van der Waals surface area contributed by atoms with Crippen LogP contribution in [0.3, 0.4) is 0 Å². The number of para-hydroxylation sites is 2. The van der Waals surface area contributed by atoms with Gasteiger partial charge in [-0.25, -0.2) is 9.97 Å². The maximum Gasteiger partial charge on any atom is 0.160 e. The van der Waals surface area contributed by atoms with E-state index in [0.717, 1.165) is 56.0 Å². The minimum atomic E-state index is 0.692. The van der Waals surface area contributed by atoms with Gasteiger partial charge >= 0.3 is 0 Å². The molecular formula is C56H36N4. The second-order valence-electron chi connectivity index (χ2n) is 15.4. The molecule has 3 heterocycles. The summed E-state index contributed by atoms with van der Waals surface area (Å²) in [6.45, 7) is 0. The fourth-order valence-corrected chi connectivity index (χ4v) is 9.12. The molecule has 0 saturated heterocycles. The maximum atomic E-state index is 5.39. The van der Waals surface area contributed by atoms with E-state index < -0.39 is 0 Å². The molecule has 0 aliphatic heterocycles. The van der Waals surface area contributed by atoms with Crippen LogP contribution in [0.5, 0.6) is 0 Å². The van der Waals surface area contributed by atoms with Crippen molar-refractivity contribution in [1.29, 1.82) is 0 Å². The van der Waals surface area contributed by atoms with E-state index in [0.29, 0.717) is 5.82 Å². The first-order valence-electron chi connectivity index (χ1n) is 20.4. The standard InChI is InChI=1S/C56H36N4/c1-4-17-38(18-5-1)53-55(54(39-19-6-2-7-20-39)58-56(57-53)40-21-8-3-9-22-40)60-50-27-15-13-25-46(50)48-36-43(30-33-52(48)60)42-29-32-51-47(35-42)45-24-12-14-26-49(45)59(51)44-31-28-37-16-10-11-23-41(37)34-44/h1-36H. The molecule has 4 nitrogen and oxygen atoms in total. The molecule has 0 bridgehead atoms. The Labute approximate surface area is 346 Å². The highest BCUT2D eigenvalue weighted by Crippen LogP contribution is 2.43. The lowest BCUT2D eigenvalue weighted by Crippen LogP contribution is -2.06.